The Balaban J connectivity index is 3.68. The first-order chi connectivity index (χ1) is 4.99. The van der Waals surface area contributed by atoms with E-state index in [1.165, 1.54) is 0 Å². The molecule has 2 nitrogen and oxygen atoms in total. The number of hydrogen-bond acceptors (Lipinski definition) is 2. The van der Waals surface area contributed by atoms with Gasteiger partial charge in [-0.1, -0.05) is 6.92 Å². The zero-order valence-corrected chi connectivity index (χ0v) is 10.1. The predicted octanol–water partition coefficient (Wildman–Crippen LogP) is 3.21. The van der Waals surface area contributed by atoms with Gasteiger partial charge in [-0.15, -0.1) is 0 Å². The topological polar surface area (TPSA) is 18.5 Å². The van der Waals surface area contributed by atoms with E-state index in [1.54, 1.807) is 0 Å². The highest BCUT2D eigenvalue weighted by Crippen LogP contribution is 2.40. The summed E-state index contributed by atoms with van der Waals surface area (Å²) in [4.78, 5) is 0. The molecule has 0 N–H and O–H groups in total. The average molecular weight is 194 g/mol. The zero-order valence-electron chi connectivity index (χ0n) is 8.18. The van der Waals surface area contributed by atoms with Crippen molar-refractivity contribution in [2.24, 2.45) is 0 Å². The Hall–Kier alpha value is 0.567. The summed E-state index contributed by atoms with van der Waals surface area (Å²) in [5.41, 5.74) is 0. The SMILES string of the molecule is CCOP(CC)O[Si](C)(C)C. The average Bonchev–Trinajstić information content (AvgIpc) is 1.84. The molecule has 0 radical (unpaired) electrons. The van der Waals surface area contributed by atoms with Crippen LogP contribution in [0.3, 0.4) is 0 Å². The smallest absolute Gasteiger partial charge is 0.191 e. The molecule has 11 heavy (non-hydrogen) atoms. The van der Waals surface area contributed by atoms with Crippen molar-refractivity contribution in [3.05, 3.63) is 0 Å². The lowest BCUT2D eigenvalue weighted by molar-refractivity contribution is 0.333. The fraction of sp³-hybridized carbons (Fsp3) is 1.00. The molecule has 0 saturated heterocycles. The molecule has 0 aliphatic carbocycles. The summed E-state index contributed by atoms with van der Waals surface area (Å²) in [7, 11) is -1.96. The van der Waals surface area contributed by atoms with E-state index in [0.29, 0.717) is 0 Å². The van der Waals surface area contributed by atoms with Gasteiger partial charge >= 0.3 is 0 Å². The Labute approximate surface area is 72.3 Å². The van der Waals surface area contributed by atoms with Crippen molar-refractivity contribution < 1.29 is 8.74 Å². The lowest BCUT2D eigenvalue weighted by atomic mass is 10.9. The van der Waals surface area contributed by atoms with Gasteiger partial charge in [-0.3, -0.25) is 0 Å². The molecule has 4 heteroatoms. The molecule has 0 heterocycles. The molecule has 1 atom stereocenters. The summed E-state index contributed by atoms with van der Waals surface area (Å²) in [6, 6.07) is 0. The Kier molecular flexibility index (Phi) is 5.53. The fourth-order valence-electron chi connectivity index (χ4n) is 0.632. The molecule has 1 unspecified atom stereocenters. The minimum Gasteiger partial charge on any atom is -0.376 e. The molecule has 68 valence electrons. The van der Waals surface area contributed by atoms with E-state index in [0.717, 1.165) is 12.8 Å². The Morgan fingerprint density at radius 2 is 1.73 bits per heavy atom. The molecular formula is C7H19O2PSi. The molecule has 0 bridgehead atoms. The van der Waals surface area contributed by atoms with E-state index in [1.807, 2.05) is 6.92 Å². The van der Waals surface area contributed by atoms with Crippen LogP contribution >= 0.6 is 8.38 Å². The third kappa shape index (κ3) is 6.95. The van der Waals surface area contributed by atoms with Gasteiger partial charge in [-0.25, -0.2) is 0 Å². The van der Waals surface area contributed by atoms with Gasteiger partial charge in [-0.2, -0.15) is 0 Å². The van der Waals surface area contributed by atoms with Crippen molar-refractivity contribution in [3.8, 4) is 0 Å². The minimum absolute atomic E-state index is 0.585. The molecule has 0 spiro atoms. The second-order valence-electron chi connectivity index (χ2n) is 3.27. The first-order valence-corrected chi connectivity index (χ1v) is 8.86. The standard InChI is InChI=1S/C7H19O2PSi/c1-6-8-10(7-2)9-11(3,4)5/h6-7H2,1-5H3. The second kappa shape index (κ2) is 5.25. The zero-order chi connectivity index (χ0) is 8.91. The maximum atomic E-state index is 5.81. The minimum atomic E-state index is -1.37. The Morgan fingerprint density at radius 3 is 2.00 bits per heavy atom. The van der Waals surface area contributed by atoms with Crippen molar-refractivity contribution in [3.63, 3.8) is 0 Å². The van der Waals surface area contributed by atoms with Gasteiger partial charge in [-0.05, 0) is 26.6 Å². The van der Waals surface area contributed by atoms with Crippen LogP contribution in [0, 0.1) is 0 Å². The van der Waals surface area contributed by atoms with Crippen LogP contribution in [0.2, 0.25) is 19.6 Å². The van der Waals surface area contributed by atoms with Crippen LogP contribution in [-0.4, -0.2) is 21.1 Å². The van der Waals surface area contributed by atoms with E-state index in [9.17, 15) is 0 Å². The highest BCUT2D eigenvalue weighted by Gasteiger charge is 2.20. The molecule has 0 saturated carbocycles. The van der Waals surface area contributed by atoms with Crippen LogP contribution in [0.5, 0.6) is 0 Å². The number of rotatable bonds is 5. The molecule has 0 aliphatic heterocycles. The van der Waals surface area contributed by atoms with Crippen LogP contribution < -0.4 is 0 Å². The van der Waals surface area contributed by atoms with Crippen molar-refractivity contribution in [1.82, 2.24) is 0 Å². The van der Waals surface area contributed by atoms with Gasteiger partial charge in [0, 0.05) is 6.16 Å². The van der Waals surface area contributed by atoms with Crippen LogP contribution in [0.15, 0.2) is 0 Å². The van der Waals surface area contributed by atoms with E-state index in [-0.39, 0.29) is 0 Å². The molecule has 0 amide bonds. The summed E-state index contributed by atoms with van der Waals surface area (Å²) in [5, 5.41) is 0. The van der Waals surface area contributed by atoms with Crippen molar-refractivity contribution in [1.29, 1.82) is 0 Å². The second-order valence-corrected chi connectivity index (χ2v) is 9.78. The lowest BCUT2D eigenvalue weighted by Gasteiger charge is -2.23. The Bertz CT molecular complexity index is 103. The highest BCUT2D eigenvalue weighted by atomic mass is 31.2. The van der Waals surface area contributed by atoms with Gasteiger partial charge in [0.15, 0.2) is 16.7 Å². The van der Waals surface area contributed by atoms with Gasteiger partial charge in [0.1, 0.15) is 0 Å². The van der Waals surface area contributed by atoms with Gasteiger partial charge in [0.25, 0.3) is 0 Å². The van der Waals surface area contributed by atoms with Crippen LogP contribution in [0.4, 0.5) is 0 Å². The number of hydrogen-bond donors (Lipinski definition) is 0. The fourth-order valence-corrected chi connectivity index (χ4v) is 4.27. The molecule has 0 aliphatic rings. The normalized spacial score (nSPS) is 15.0. The quantitative estimate of drug-likeness (QED) is 0.494. The van der Waals surface area contributed by atoms with E-state index in [2.05, 4.69) is 26.6 Å². The van der Waals surface area contributed by atoms with E-state index in [4.69, 9.17) is 8.74 Å². The maximum absolute atomic E-state index is 5.81. The maximum Gasteiger partial charge on any atom is 0.191 e. The molecule has 0 aromatic heterocycles. The van der Waals surface area contributed by atoms with Crippen LogP contribution in [0.25, 0.3) is 0 Å². The lowest BCUT2D eigenvalue weighted by Crippen LogP contribution is -2.23. The first-order valence-electron chi connectivity index (χ1n) is 4.09. The Morgan fingerprint density at radius 1 is 1.18 bits per heavy atom. The van der Waals surface area contributed by atoms with Crippen molar-refractivity contribution in [2.75, 3.05) is 12.8 Å². The summed E-state index contributed by atoms with van der Waals surface area (Å²) in [6.45, 7) is 11.5. The van der Waals surface area contributed by atoms with Crippen molar-refractivity contribution in [2.45, 2.75) is 33.5 Å². The first kappa shape index (κ1) is 11.6. The van der Waals surface area contributed by atoms with Crippen LogP contribution in [0.1, 0.15) is 13.8 Å². The predicted molar refractivity (Wildman–Crippen MR) is 53.5 cm³/mol. The summed E-state index contributed by atoms with van der Waals surface area (Å²) in [5.74, 6) is 0. The van der Waals surface area contributed by atoms with Gasteiger partial charge < -0.3 is 8.74 Å². The van der Waals surface area contributed by atoms with Crippen LogP contribution in [-0.2, 0) is 8.74 Å². The highest BCUT2D eigenvalue weighted by molar-refractivity contribution is 7.49. The third-order valence-electron chi connectivity index (χ3n) is 0.907. The van der Waals surface area contributed by atoms with Gasteiger partial charge in [0.05, 0.1) is 6.61 Å². The molecule has 0 aromatic carbocycles. The largest absolute Gasteiger partial charge is 0.376 e. The summed E-state index contributed by atoms with van der Waals surface area (Å²) < 4.78 is 11.3. The molecular weight excluding hydrogens is 175 g/mol. The molecule has 0 aromatic rings. The van der Waals surface area contributed by atoms with Crippen molar-refractivity contribution >= 4 is 16.7 Å². The monoisotopic (exact) mass is 194 g/mol. The molecule has 0 fully saturated rings. The van der Waals surface area contributed by atoms with E-state index < -0.39 is 16.7 Å². The van der Waals surface area contributed by atoms with Gasteiger partial charge in [0.2, 0.25) is 0 Å². The van der Waals surface area contributed by atoms with E-state index >= 15 is 0 Å². The summed E-state index contributed by atoms with van der Waals surface area (Å²) in [6.07, 6.45) is 1.01. The molecule has 0 rings (SSSR count). The summed E-state index contributed by atoms with van der Waals surface area (Å²) >= 11 is 0. The third-order valence-corrected chi connectivity index (χ3v) is 4.97.